The molecule has 2 N–H and O–H groups in total. The summed E-state index contributed by atoms with van der Waals surface area (Å²) in [6.07, 6.45) is 0. The van der Waals surface area contributed by atoms with Crippen LogP contribution < -0.4 is 10.6 Å². The lowest BCUT2D eigenvalue weighted by Gasteiger charge is -2.18. The van der Waals surface area contributed by atoms with Crippen LogP contribution in [-0.4, -0.2) is 16.0 Å². The molecule has 190 valence electrons. The number of carbonyl (C=O) groups is 1. The van der Waals surface area contributed by atoms with Crippen molar-refractivity contribution in [2.45, 2.75) is 5.92 Å². The van der Waals surface area contributed by atoms with E-state index in [9.17, 15) is 4.79 Å². The third kappa shape index (κ3) is 5.19. The van der Waals surface area contributed by atoms with Crippen molar-refractivity contribution in [2.24, 2.45) is 0 Å². The molecule has 7 heteroatoms. The van der Waals surface area contributed by atoms with Crippen LogP contribution in [0.15, 0.2) is 124 Å². The number of oxazole rings is 1. The summed E-state index contributed by atoms with van der Waals surface area (Å²) in [5.74, 6) is -0.166. The van der Waals surface area contributed by atoms with Crippen LogP contribution >= 0.6 is 28.1 Å². The van der Waals surface area contributed by atoms with Crippen molar-refractivity contribution in [2.75, 3.05) is 5.32 Å². The second kappa shape index (κ2) is 10.8. The van der Waals surface area contributed by atoms with Crippen LogP contribution in [0.3, 0.4) is 0 Å². The van der Waals surface area contributed by atoms with Crippen LogP contribution in [0.2, 0.25) is 0 Å². The van der Waals surface area contributed by atoms with Crippen LogP contribution in [0.25, 0.3) is 33.3 Å². The number of amides is 1. The number of nitrogens with zero attached hydrogens (tertiary/aromatic N) is 1. The molecule has 1 aromatic heterocycles. The molecule has 0 aliphatic heterocycles. The van der Waals surface area contributed by atoms with Gasteiger partial charge >= 0.3 is 0 Å². The van der Waals surface area contributed by atoms with Gasteiger partial charge in [0.05, 0.1) is 5.92 Å². The van der Waals surface area contributed by atoms with Crippen LogP contribution in [0.1, 0.15) is 17.0 Å². The van der Waals surface area contributed by atoms with Gasteiger partial charge in [-0.2, -0.15) is 0 Å². The number of nitrogens with one attached hydrogen (secondary N) is 2. The van der Waals surface area contributed by atoms with E-state index >= 15 is 0 Å². The lowest BCUT2D eigenvalue weighted by Crippen LogP contribution is -2.37. The number of benzene rings is 5. The molecule has 0 aliphatic carbocycles. The number of anilines is 1. The first kappa shape index (κ1) is 25.0. The van der Waals surface area contributed by atoms with Gasteiger partial charge in [-0.15, -0.1) is 0 Å². The summed E-state index contributed by atoms with van der Waals surface area (Å²) in [4.78, 5) is 18.1. The Morgan fingerprint density at radius 2 is 1.46 bits per heavy atom. The number of hydrogen-bond donors (Lipinski definition) is 2. The summed E-state index contributed by atoms with van der Waals surface area (Å²) >= 11 is 9.13. The molecule has 1 heterocycles. The fourth-order valence-corrected chi connectivity index (χ4v) is 5.43. The number of thiocarbonyl (C=S) groups is 1. The van der Waals surface area contributed by atoms with Gasteiger partial charge in [0.15, 0.2) is 10.7 Å². The average molecular weight is 593 g/mol. The third-order valence-corrected chi connectivity index (χ3v) is 7.41. The van der Waals surface area contributed by atoms with Gasteiger partial charge in [0.2, 0.25) is 11.8 Å². The molecule has 0 aliphatic rings. The molecule has 0 saturated heterocycles. The number of aromatic nitrogens is 1. The molecule has 0 bridgehead atoms. The zero-order valence-corrected chi connectivity index (χ0v) is 23.0. The quantitative estimate of drug-likeness (QED) is 0.198. The van der Waals surface area contributed by atoms with Crippen molar-refractivity contribution in [1.82, 2.24) is 10.3 Å². The van der Waals surface area contributed by atoms with Gasteiger partial charge in [0.1, 0.15) is 5.52 Å². The summed E-state index contributed by atoms with van der Waals surface area (Å²) in [5.41, 5.74) is 4.73. The normalized spacial score (nSPS) is 11.1. The number of fused-ring (bicyclic) bond motifs is 2. The summed E-state index contributed by atoms with van der Waals surface area (Å²) < 4.78 is 7.11. The van der Waals surface area contributed by atoms with Crippen molar-refractivity contribution < 1.29 is 9.21 Å². The molecule has 5 nitrogen and oxygen atoms in total. The average Bonchev–Trinajstić information content (AvgIpc) is 3.37. The van der Waals surface area contributed by atoms with E-state index in [1.165, 1.54) is 0 Å². The highest BCUT2D eigenvalue weighted by molar-refractivity contribution is 9.10. The predicted molar refractivity (Wildman–Crippen MR) is 164 cm³/mol. The molecule has 5 aromatic carbocycles. The standard InChI is InChI=1S/C32H22BrN3O2S/c33-26-16-8-13-23-24(26)14-7-15-25(23)31-35-27-19-22(17-18-28(27)38-31)34-32(39)36-30(37)29(20-9-3-1-4-10-20)21-11-5-2-6-12-21/h1-19,29H,(H2,34,36,37,39). The highest BCUT2D eigenvalue weighted by atomic mass is 79.9. The van der Waals surface area contributed by atoms with E-state index in [-0.39, 0.29) is 11.0 Å². The molecular weight excluding hydrogens is 570 g/mol. The van der Waals surface area contributed by atoms with Gasteiger partial charge in [0.25, 0.3) is 0 Å². The molecule has 0 spiro atoms. The largest absolute Gasteiger partial charge is 0.436 e. The minimum absolute atomic E-state index is 0.207. The van der Waals surface area contributed by atoms with Gasteiger partial charge in [-0.05, 0) is 64.4 Å². The Kier molecular flexibility index (Phi) is 6.92. The van der Waals surface area contributed by atoms with E-state index in [1.807, 2.05) is 103 Å². The van der Waals surface area contributed by atoms with Crippen LogP contribution in [0.5, 0.6) is 0 Å². The summed E-state index contributed by atoms with van der Waals surface area (Å²) in [5, 5.41) is 8.33. The molecule has 39 heavy (non-hydrogen) atoms. The molecule has 0 radical (unpaired) electrons. The summed E-state index contributed by atoms with van der Waals surface area (Å²) in [6.45, 7) is 0. The van der Waals surface area contributed by atoms with E-state index in [2.05, 4.69) is 38.7 Å². The Balaban J connectivity index is 1.23. The van der Waals surface area contributed by atoms with Gasteiger partial charge in [-0.1, -0.05) is 101 Å². The minimum Gasteiger partial charge on any atom is -0.436 e. The van der Waals surface area contributed by atoms with E-state index < -0.39 is 5.92 Å². The molecule has 6 aromatic rings. The highest BCUT2D eigenvalue weighted by Gasteiger charge is 2.23. The van der Waals surface area contributed by atoms with Gasteiger partial charge in [0, 0.05) is 15.7 Å². The summed E-state index contributed by atoms with van der Waals surface area (Å²) in [7, 11) is 0. The first-order chi connectivity index (χ1) is 19.1. The number of hydrogen-bond acceptors (Lipinski definition) is 4. The molecule has 6 rings (SSSR count). The maximum Gasteiger partial charge on any atom is 0.238 e. The zero-order chi connectivity index (χ0) is 26.8. The fourth-order valence-electron chi connectivity index (χ4n) is 4.71. The number of halogens is 1. The summed E-state index contributed by atoms with van der Waals surface area (Å²) in [6, 6.07) is 37.0. The van der Waals surface area contributed by atoms with Crippen LogP contribution in [-0.2, 0) is 4.79 Å². The van der Waals surface area contributed by atoms with Gasteiger partial charge in [-0.3, -0.25) is 4.79 Å². The van der Waals surface area contributed by atoms with E-state index in [0.717, 1.165) is 31.9 Å². The maximum absolute atomic E-state index is 13.4. The Morgan fingerprint density at radius 3 is 2.18 bits per heavy atom. The first-order valence-electron chi connectivity index (χ1n) is 12.4. The Hall–Kier alpha value is -4.33. The van der Waals surface area contributed by atoms with Crippen molar-refractivity contribution in [1.29, 1.82) is 0 Å². The van der Waals surface area contributed by atoms with E-state index in [0.29, 0.717) is 22.7 Å². The van der Waals surface area contributed by atoms with Crippen molar-refractivity contribution >= 4 is 66.7 Å². The third-order valence-electron chi connectivity index (χ3n) is 6.51. The molecule has 0 atom stereocenters. The Morgan fingerprint density at radius 1 is 0.795 bits per heavy atom. The molecule has 1 amide bonds. The maximum atomic E-state index is 13.4. The molecular formula is C32H22BrN3O2S. The van der Waals surface area contributed by atoms with Crippen LogP contribution in [0, 0.1) is 0 Å². The highest BCUT2D eigenvalue weighted by Crippen LogP contribution is 2.34. The van der Waals surface area contributed by atoms with E-state index in [1.54, 1.807) is 0 Å². The van der Waals surface area contributed by atoms with Crippen molar-refractivity contribution in [3.63, 3.8) is 0 Å². The Bertz CT molecular complexity index is 1780. The van der Waals surface area contributed by atoms with E-state index in [4.69, 9.17) is 21.6 Å². The second-order valence-electron chi connectivity index (χ2n) is 9.04. The van der Waals surface area contributed by atoms with Crippen molar-refractivity contribution in [3.05, 3.63) is 131 Å². The number of rotatable bonds is 5. The molecule has 0 saturated carbocycles. The Labute approximate surface area is 239 Å². The van der Waals surface area contributed by atoms with Crippen molar-refractivity contribution in [3.8, 4) is 11.5 Å². The van der Waals surface area contributed by atoms with Gasteiger partial charge < -0.3 is 15.1 Å². The smallest absolute Gasteiger partial charge is 0.238 e. The fraction of sp³-hybridized carbons (Fsp3) is 0.0312. The zero-order valence-electron chi connectivity index (χ0n) is 20.6. The van der Waals surface area contributed by atoms with Gasteiger partial charge in [-0.25, -0.2) is 4.98 Å². The monoisotopic (exact) mass is 591 g/mol. The SMILES string of the molecule is O=C(NC(=S)Nc1ccc2oc(-c3cccc4c(Br)cccc34)nc2c1)C(c1ccccc1)c1ccccc1. The number of carbonyl (C=O) groups excluding carboxylic acids is 1. The lowest BCUT2D eigenvalue weighted by molar-refractivity contribution is -0.120. The molecule has 0 unspecified atom stereocenters. The first-order valence-corrected chi connectivity index (χ1v) is 13.6. The lowest BCUT2D eigenvalue weighted by atomic mass is 9.90. The minimum atomic E-state index is -0.492. The van der Waals surface area contributed by atoms with Crippen LogP contribution in [0.4, 0.5) is 5.69 Å². The molecule has 0 fully saturated rings. The topological polar surface area (TPSA) is 67.2 Å². The second-order valence-corrected chi connectivity index (χ2v) is 10.3. The predicted octanol–water partition coefficient (Wildman–Crippen LogP) is 8.06.